The highest BCUT2D eigenvalue weighted by Gasteiger charge is 2.30. The molecule has 0 aliphatic rings. The van der Waals surface area contributed by atoms with Crippen molar-refractivity contribution in [1.82, 2.24) is 10.6 Å². The first-order valence-electron chi connectivity index (χ1n) is 7.16. The Morgan fingerprint density at radius 3 is 1.91 bits per heavy atom. The number of amides is 2. The molecule has 1 rings (SSSR count). The van der Waals surface area contributed by atoms with Crippen molar-refractivity contribution in [2.24, 2.45) is 11.1 Å². The van der Waals surface area contributed by atoms with Crippen LogP contribution in [0.1, 0.15) is 33.3 Å². The lowest BCUT2D eigenvalue weighted by atomic mass is 9.92. The van der Waals surface area contributed by atoms with E-state index in [2.05, 4.69) is 26.6 Å². The summed E-state index contributed by atoms with van der Waals surface area (Å²) >= 11 is 3.35. The molecule has 22 heavy (non-hydrogen) atoms. The van der Waals surface area contributed by atoms with Crippen LogP contribution in [0, 0.1) is 5.41 Å². The number of rotatable bonds is 5. The van der Waals surface area contributed by atoms with Gasteiger partial charge in [0.1, 0.15) is 5.54 Å². The van der Waals surface area contributed by atoms with E-state index >= 15 is 0 Å². The van der Waals surface area contributed by atoms with E-state index in [9.17, 15) is 9.59 Å². The van der Waals surface area contributed by atoms with Crippen molar-refractivity contribution >= 4 is 27.7 Å². The molecule has 0 aliphatic heterocycles. The fourth-order valence-corrected chi connectivity index (χ4v) is 1.99. The van der Waals surface area contributed by atoms with Crippen LogP contribution >= 0.6 is 15.9 Å². The third-order valence-corrected chi connectivity index (χ3v) is 3.82. The number of carbonyl (C=O) groups is 2. The first kappa shape index (κ1) is 18.6. The highest BCUT2D eigenvalue weighted by molar-refractivity contribution is 9.10. The van der Waals surface area contributed by atoms with E-state index in [0.29, 0.717) is 13.1 Å². The van der Waals surface area contributed by atoms with Crippen LogP contribution in [0.5, 0.6) is 0 Å². The van der Waals surface area contributed by atoms with Gasteiger partial charge >= 0.3 is 0 Å². The molecule has 0 radical (unpaired) electrons. The summed E-state index contributed by atoms with van der Waals surface area (Å²) in [5, 5.41) is 5.53. The molecule has 6 heteroatoms. The Labute approximate surface area is 140 Å². The predicted molar refractivity (Wildman–Crippen MR) is 91.2 cm³/mol. The van der Waals surface area contributed by atoms with Gasteiger partial charge in [-0.25, -0.2) is 0 Å². The smallest absolute Gasteiger partial charge is 0.244 e. The summed E-state index contributed by atoms with van der Waals surface area (Å²) in [6.45, 7) is 7.89. The molecule has 122 valence electrons. The Hall–Kier alpha value is -1.40. The van der Waals surface area contributed by atoms with Crippen LogP contribution in [0.4, 0.5) is 0 Å². The Bertz CT molecular complexity index is 533. The van der Waals surface area contributed by atoms with Gasteiger partial charge < -0.3 is 16.4 Å². The maximum Gasteiger partial charge on any atom is 0.244 e. The summed E-state index contributed by atoms with van der Waals surface area (Å²) < 4.78 is 0.928. The van der Waals surface area contributed by atoms with E-state index in [4.69, 9.17) is 5.73 Å². The van der Waals surface area contributed by atoms with Crippen molar-refractivity contribution in [3.05, 3.63) is 34.3 Å². The molecule has 0 saturated heterocycles. The number of benzene rings is 1. The third-order valence-electron chi connectivity index (χ3n) is 3.29. The molecule has 1 atom stereocenters. The highest BCUT2D eigenvalue weighted by Crippen LogP contribution is 2.20. The lowest BCUT2D eigenvalue weighted by Gasteiger charge is -2.24. The van der Waals surface area contributed by atoms with Crippen LogP contribution in [-0.2, 0) is 15.1 Å². The maximum absolute atomic E-state index is 12.2. The van der Waals surface area contributed by atoms with Gasteiger partial charge in [-0.05, 0) is 24.6 Å². The highest BCUT2D eigenvalue weighted by atomic mass is 79.9. The molecular weight excluding hydrogens is 346 g/mol. The van der Waals surface area contributed by atoms with Gasteiger partial charge in [-0.3, -0.25) is 9.59 Å². The quantitative estimate of drug-likeness (QED) is 0.693. The van der Waals surface area contributed by atoms with Gasteiger partial charge in [-0.2, -0.15) is 0 Å². The molecule has 2 amide bonds. The van der Waals surface area contributed by atoms with Crippen LogP contribution in [0.25, 0.3) is 0 Å². The molecule has 0 saturated carbocycles. The second kappa shape index (κ2) is 7.24. The lowest BCUT2D eigenvalue weighted by molar-refractivity contribution is -0.129. The lowest BCUT2D eigenvalue weighted by Crippen LogP contribution is -2.50. The van der Waals surface area contributed by atoms with Gasteiger partial charge in [0, 0.05) is 23.0 Å². The fraction of sp³-hybridized carbons (Fsp3) is 0.500. The van der Waals surface area contributed by atoms with Crippen molar-refractivity contribution in [3.63, 3.8) is 0 Å². The Morgan fingerprint density at radius 2 is 1.45 bits per heavy atom. The van der Waals surface area contributed by atoms with Gasteiger partial charge in [0.05, 0.1) is 0 Å². The Kier molecular flexibility index (Phi) is 6.14. The third kappa shape index (κ3) is 5.10. The second-order valence-electron chi connectivity index (χ2n) is 6.47. The molecule has 0 heterocycles. The maximum atomic E-state index is 12.2. The van der Waals surface area contributed by atoms with Gasteiger partial charge in [0.2, 0.25) is 11.8 Å². The number of hydrogen-bond acceptors (Lipinski definition) is 3. The summed E-state index contributed by atoms with van der Waals surface area (Å²) in [6, 6.07) is 7.31. The largest absolute Gasteiger partial charge is 0.354 e. The van der Waals surface area contributed by atoms with E-state index in [0.717, 1.165) is 10.0 Å². The number of nitrogens with two attached hydrogens (primary N) is 1. The van der Waals surface area contributed by atoms with Gasteiger partial charge in [0.25, 0.3) is 0 Å². The van der Waals surface area contributed by atoms with Crippen LogP contribution in [0.3, 0.4) is 0 Å². The number of halogens is 1. The molecular formula is C16H24BrN3O2. The SMILES string of the molecule is CC(C)(C)C(=O)NCCNC(=O)C(C)(N)c1ccc(Br)cc1. The second-order valence-corrected chi connectivity index (χ2v) is 7.39. The van der Waals surface area contributed by atoms with Crippen LogP contribution < -0.4 is 16.4 Å². The Morgan fingerprint density at radius 1 is 1.00 bits per heavy atom. The molecule has 0 fully saturated rings. The van der Waals surface area contributed by atoms with Crippen LogP contribution in [-0.4, -0.2) is 24.9 Å². The average Bonchev–Trinajstić information content (AvgIpc) is 2.42. The first-order valence-corrected chi connectivity index (χ1v) is 7.96. The molecule has 5 nitrogen and oxygen atoms in total. The standard InChI is InChI=1S/C16H24BrN3O2/c1-15(2,3)13(21)19-9-10-20-14(22)16(4,18)11-5-7-12(17)8-6-11/h5-8H,9-10,18H2,1-4H3,(H,19,21)(H,20,22). The van der Waals surface area contributed by atoms with Crippen LogP contribution in [0.15, 0.2) is 28.7 Å². The van der Waals surface area contributed by atoms with E-state index in [-0.39, 0.29) is 11.8 Å². The van der Waals surface area contributed by atoms with Crippen molar-refractivity contribution in [2.45, 2.75) is 33.2 Å². The molecule has 4 N–H and O–H groups in total. The summed E-state index contributed by atoms with van der Waals surface area (Å²) in [7, 11) is 0. The van der Waals surface area contributed by atoms with Crippen molar-refractivity contribution < 1.29 is 9.59 Å². The van der Waals surface area contributed by atoms with Gasteiger partial charge in [-0.1, -0.05) is 48.8 Å². The van der Waals surface area contributed by atoms with Crippen LogP contribution in [0.2, 0.25) is 0 Å². The van der Waals surface area contributed by atoms with E-state index in [1.807, 2.05) is 45.0 Å². The molecule has 0 spiro atoms. The summed E-state index contributed by atoms with van der Waals surface area (Å²) in [6.07, 6.45) is 0. The molecule has 0 aromatic heterocycles. The minimum absolute atomic E-state index is 0.0508. The molecule has 1 unspecified atom stereocenters. The van der Waals surface area contributed by atoms with E-state index in [1.54, 1.807) is 6.92 Å². The van der Waals surface area contributed by atoms with E-state index in [1.165, 1.54) is 0 Å². The first-order chi connectivity index (χ1) is 10.0. The van der Waals surface area contributed by atoms with Crippen molar-refractivity contribution in [3.8, 4) is 0 Å². The minimum atomic E-state index is -1.12. The zero-order valence-electron chi connectivity index (χ0n) is 13.5. The molecule has 0 bridgehead atoms. The topological polar surface area (TPSA) is 84.2 Å². The van der Waals surface area contributed by atoms with Gasteiger partial charge in [-0.15, -0.1) is 0 Å². The number of hydrogen-bond donors (Lipinski definition) is 3. The number of nitrogens with one attached hydrogen (secondary N) is 2. The average molecular weight is 370 g/mol. The summed E-state index contributed by atoms with van der Waals surface area (Å²) in [5.74, 6) is -0.329. The minimum Gasteiger partial charge on any atom is -0.354 e. The summed E-state index contributed by atoms with van der Waals surface area (Å²) in [5.41, 5.74) is 5.30. The molecule has 0 aliphatic carbocycles. The monoisotopic (exact) mass is 369 g/mol. The van der Waals surface area contributed by atoms with E-state index < -0.39 is 11.0 Å². The molecule has 1 aromatic rings. The number of carbonyl (C=O) groups excluding carboxylic acids is 2. The normalized spacial score (nSPS) is 14.1. The van der Waals surface area contributed by atoms with Gasteiger partial charge in [0.15, 0.2) is 0 Å². The molecule has 1 aromatic carbocycles. The summed E-state index contributed by atoms with van der Waals surface area (Å²) in [4.78, 5) is 23.9. The zero-order chi connectivity index (χ0) is 17.0. The Balaban J connectivity index is 2.51. The predicted octanol–water partition coefficient (Wildman–Crippen LogP) is 1.90. The van der Waals surface area contributed by atoms with Crippen molar-refractivity contribution in [2.75, 3.05) is 13.1 Å². The zero-order valence-corrected chi connectivity index (χ0v) is 15.1. The van der Waals surface area contributed by atoms with Crippen molar-refractivity contribution in [1.29, 1.82) is 0 Å². The fourth-order valence-electron chi connectivity index (χ4n) is 1.73.